The number of nitrogens with zero attached hydrogens (tertiary/aromatic N) is 3. The Kier molecular flexibility index (Phi) is 20.7. The van der Waals surface area contributed by atoms with Gasteiger partial charge in [-0.15, -0.1) is 11.3 Å². The molecule has 0 saturated carbocycles. The first-order valence-electron chi connectivity index (χ1n) is 21.3. The molecule has 0 spiro atoms. The Bertz CT molecular complexity index is 1910. The highest BCUT2D eigenvalue weighted by Gasteiger charge is 2.31. The number of amides is 7. The van der Waals surface area contributed by atoms with E-state index in [1.807, 2.05) is 34.6 Å². The zero-order valence-electron chi connectivity index (χ0n) is 36.9. The number of hydrogen-bond donors (Lipinski definition) is 5. The molecular weight excluding hydrogens is 819 g/mol. The van der Waals surface area contributed by atoms with E-state index >= 15 is 0 Å². The fourth-order valence-electron chi connectivity index (χ4n) is 6.91. The molecule has 0 aliphatic carbocycles. The van der Waals surface area contributed by atoms with E-state index in [2.05, 4.69) is 26.3 Å². The first-order chi connectivity index (χ1) is 29.4. The zero-order valence-corrected chi connectivity index (χ0v) is 37.7. The Hall–Kier alpha value is -5.65. The van der Waals surface area contributed by atoms with Crippen LogP contribution in [0.5, 0.6) is 5.75 Å². The summed E-state index contributed by atoms with van der Waals surface area (Å²) in [6.07, 6.45) is 5.63. The van der Waals surface area contributed by atoms with Gasteiger partial charge in [0.15, 0.2) is 6.10 Å². The van der Waals surface area contributed by atoms with Crippen molar-refractivity contribution in [3.05, 3.63) is 52.0 Å². The maximum Gasteiger partial charge on any atom is 0.303 e. The average molecular weight is 882 g/mol. The summed E-state index contributed by atoms with van der Waals surface area (Å²) in [7, 11) is 1.77. The van der Waals surface area contributed by atoms with Crippen LogP contribution in [0.25, 0.3) is 0 Å². The van der Waals surface area contributed by atoms with Crippen LogP contribution >= 0.6 is 11.3 Å². The lowest BCUT2D eigenvalue weighted by molar-refractivity contribution is -0.148. The molecule has 17 nitrogen and oxygen atoms in total. The largest absolute Gasteiger partial charge is 0.506 e. The van der Waals surface area contributed by atoms with Gasteiger partial charge in [0.05, 0.1) is 12.2 Å². The molecule has 340 valence electrons. The number of phenols is 1. The number of benzene rings is 1. The second-order valence-electron chi connectivity index (χ2n) is 16.2. The molecule has 1 aromatic carbocycles. The van der Waals surface area contributed by atoms with Gasteiger partial charge in [-0.25, -0.2) is 4.98 Å². The van der Waals surface area contributed by atoms with Crippen LogP contribution in [0, 0.1) is 11.8 Å². The predicted molar refractivity (Wildman–Crippen MR) is 234 cm³/mol. The molecule has 3 atom stereocenters. The molecule has 18 heteroatoms. The van der Waals surface area contributed by atoms with Crippen molar-refractivity contribution in [3.8, 4) is 5.75 Å². The first-order valence-corrected chi connectivity index (χ1v) is 22.1. The second-order valence-corrected chi connectivity index (χ2v) is 17.1. The third-order valence-corrected chi connectivity index (χ3v) is 11.1. The molecule has 1 aliphatic rings. The average Bonchev–Trinajstić information content (AvgIpc) is 3.83. The number of hydrogen-bond acceptors (Lipinski definition) is 12. The third-order valence-electron chi connectivity index (χ3n) is 10.1. The Morgan fingerprint density at radius 2 is 1.60 bits per heavy atom. The number of carbonyl (C=O) groups is 8. The van der Waals surface area contributed by atoms with Crippen LogP contribution in [0.15, 0.2) is 35.7 Å². The highest BCUT2D eigenvalue weighted by atomic mass is 32.1. The highest BCUT2D eigenvalue weighted by molar-refractivity contribution is 7.09. The molecule has 2 aromatic rings. The van der Waals surface area contributed by atoms with E-state index in [1.165, 1.54) is 36.5 Å². The van der Waals surface area contributed by atoms with E-state index in [-0.39, 0.29) is 92.3 Å². The van der Waals surface area contributed by atoms with Crippen LogP contribution in [0.1, 0.15) is 126 Å². The van der Waals surface area contributed by atoms with Gasteiger partial charge >= 0.3 is 5.97 Å². The Labute approximate surface area is 367 Å². The summed E-state index contributed by atoms with van der Waals surface area (Å²) < 4.78 is 5.70. The van der Waals surface area contributed by atoms with Crippen molar-refractivity contribution in [1.29, 1.82) is 0 Å². The van der Waals surface area contributed by atoms with Crippen LogP contribution < -0.4 is 21.3 Å². The summed E-state index contributed by atoms with van der Waals surface area (Å²) in [6.45, 7) is 11.4. The lowest BCUT2D eigenvalue weighted by Crippen LogP contribution is -2.41. The Morgan fingerprint density at radius 1 is 0.903 bits per heavy atom. The molecule has 1 aromatic heterocycles. The molecule has 3 rings (SSSR count). The number of rotatable bonds is 26. The number of nitrogens with one attached hydrogen (secondary N) is 4. The molecule has 0 saturated heterocycles. The summed E-state index contributed by atoms with van der Waals surface area (Å²) in [5.74, 6) is -2.83. The third kappa shape index (κ3) is 17.0. The Morgan fingerprint density at radius 3 is 2.24 bits per heavy atom. The first kappa shape index (κ1) is 50.7. The molecule has 0 bridgehead atoms. The number of unbranched alkanes of at least 4 members (excludes halogenated alkanes) is 1. The van der Waals surface area contributed by atoms with Gasteiger partial charge < -0.3 is 36.0 Å². The van der Waals surface area contributed by atoms with Gasteiger partial charge in [0.1, 0.15) is 16.5 Å². The predicted octanol–water partition coefficient (Wildman–Crippen LogP) is 4.56. The van der Waals surface area contributed by atoms with Crippen molar-refractivity contribution >= 4 is 64.3 Å². The SMILES string of the molecule is CCCCC(=O)N(C)C(CC(OC(C)=O)c1nc(C(=O)NC(Cc2ccc(O)c(NC(=O)CCCNC(=O)CNC(=O)CCCN3C(=O)C=CC3=O)c2)CC(C)C)cs1)C(C)C. The van der Waals surface area contributed by atoms with Gasteiger partial charge in [0, 0.05) is 82.4 Å². The number of esters is 1. The van der Waals surface area contributed by atoms with E-state index in [4.69, 9.17) is 4.74 Å². The molecular formula is C44H63N7O10S. The molecule has 0 fully saturated rings. The molecule has 2 heterocycles. The van der Waals surface area contributed by atoms with Gasteiger partial charge in [-0.1, -0.05) is 47.1 Å². The standard InChI is InChI=1S/C44H63N7O10S/c1-8-9-14-40(57)50(7)34(28(4)5)24-36(61-29(6)52)44-49-33(26-62-44)43(60)47-31(21-27(2)3)22-30-15-16-35(53)32(23-30)48-38(55)12-10-19-45-39(56)25-46-37(54)13-11-20-51-41(58)17-18-42(51)59/h15-18,23,26-28,31,34,36,53H,8-14,19-22,24-25H2,1-7H3,(H,45,56)(H,46,54)(H,47,60)(H,48,55). The number of aromatic hydroxyl groups is 1. The molecule has 5 N–H and O–H groups in total. The van der Waals surface area contributed by atoms with Crippen LogP contribution in [-0.2, 0) is 44.7 Å². The second kappa shape index (κ2) is 25.3. The number of anilines is 1. The number of aromatic nitrogens is 1. The summed E-state index contributed by atoms with van der Waals surface area (Å²) in [5.41, 5.74) is 1.12. The monoisotopic (exact) mass is 881 g/mol. The summed E-state index contributed by atoms with van der Waals surface area (Å²) >= 11 is 1.21. The van der Waals surface area contributed by atoms with E-state index in [1.54, 1.807) is 29.5 Å². The van der Waals surface area contributed by atoms with Gasteiger partial charge in [-0.2, -0.15) is 0 Å². The van der Waals surface area contributed by atoms with Crippen molar-refractivity contribution in [2.75, 3.05) is 32.0 Å². The normalized spacial score (nSPS) is 13.8. The van der Waals surface area contributed by atoms with E-state index in [0.29, 0.717) is 30.7 Å². The lowest BCUT2D eigenvalue weighted by atomic mass is 9.96. The van der Waals surface area contributed by atoms with Crippen molar-refractivity contribution < 1.29 is 48.2 Å². The topological polar surface area (TPSA) is 234 Å². The summed E-state index contributed by atoms with van der Waals surface area (Å²) in [5, 5.41) is 23.5. The van der Waals surface area contributed by atoms with Crippen LogP contribution in [0.3, 0.4) is 0 Å². The summed E-state index contributed by atoms with van der Waals surface area (Å²) in [4.78, 5) is 106. The van der Waals surface area contributed by atoms with Gasteiger partial charge in [-0.3, -0.25) is 43.3 Å². The maximum atomic E-state index is 13.6. The van der Waals surface area contributed by atoms with Gasteiger partial charge in [0.2, 0.25) is 23.6 Å². The number of ether oxygens (including phenoxy) is 1. The van der Waals surface area contributed by atoms with Crippen molar-refractivity contribution in [1.82, 2.24) is 30.7 Å². The molecule has 7 amide bonds. The van der Waals surface area contributed by atoms with Gasteiger partial charge in [0.25, 0.3) is 17.7 Å². The molecule has 1 aliphatic heterocycles. The van der Waals surface area contributed by atoms with E-state index < -0.39 is 47.5 Å². The number of phenolic OH excluding ortho intramolecular Hbond substituents is 1. The van der Waals surface area contributed by atoms with E-state index in [9.17, 15) is 43.5 Å². The van der Waals surface area contributed by atoms with E-state index in [0.717, 1.165) is 23.3 Å². The fourth-order valence-corrected chi connectivity index (χ4v) is 7.75. The van der Waals surface area contributed by atoms with Crippen LogP contribution in [-0.4, -0.2) is 106 Å². The van der Waals surface area contributed by atoms with Crippen LogP contribution in [0.2, 0.25) is 0 Å². The summed E-state index contributed by atoms with van der Waals surface area (Å²) in [6, 6.07) is 4.26. The number of carbonyl (C=O) groups excluding carboxylic acids is 8. The van der Waals surface area contributed by atoms with Gasteiger partial charge in [-0.05, 0) is 61.6 Å². The van der Waals surface area contributed by atoms with Crippen LogP contribution in [0.4, 0.5) is 5.69 Å². The number of imide groups is 1. The minimum atomic E-state index is -0.756. The highest BCUT2D eigenvalue weighted by Crippen LogP contribution is 2.31. The molecule has 62 heavy (non-hydrogen) atoms. The van der Waals surface area contributed by atoms with Crippen molar-refractivity contribution in [2.24, 2.45) is 11.8 Å². The lowest BCUT2D eigenvalue weighted by Gasteiger charge is -2.33. The molecule has 3 unspecified atom stereocenters. The van der Waals surface area contributed by atoms with Crippen molar-refractivity contribution in [3.63, 3.8) is 0 Å². The Balaban J connectivity index is 1.53. The molecule has 0 radical (unpaired) electrons. The minimum absolute atomic E-state index is 0.0212. The quantitative estimate of drug-likeness (QED) is 0.0380. The smallest absolute Gasteiger partial charge is 0.303 e. The maximum absolute atomic E-state index is 13.6. The zero-order chi connectivity index (χ0) is 45.9. The minimum Gasteiger partial charge on any atom is -0.506 e. The fraction of sp³-hybridized carbons (Fsp3) is 0.568. The number of thiazole rings is 1. The van der Waals surface area contributed by atoms with Crippen molar-refractivity contribution in [2.45, 2.75) is 124 Å².